The topological polar surface area (TPSA) is 83.6 Å². The number of sulfonamides is 1. The number of carbonyl (C=O) groups is 2. The van der Waals surface area contributed by atoms with Crippen LogP contribution >= 0.6 is 0 Å². The number of rotatable bonds is 5. The molecule has 0 spiro atoms. The third-order valence-electron chi connectivity index (χ3n) is 4.94. The van der Waals surface area contributed by atoms with Crippen molar-refractivity contribution in [2.45, 2.75) is 19.8 Å². The minimum atomic E-state index is -3.33. The zero-order valence-corrected chi connectivity index (χ0v) is 16.8. The summed E-state index contributed by atoms with van der Waals surface area (Å²) in [7, 11) is -3.33. The molecule has 1 aliphatic rings. The van der Waals surface area contributed by atoms with E-state index >= 15 is 0 Å². The molecule has 0 radical (unpaired) electrons. The Kier molecular flexibility index (Phi) is 5.96. The first-order valence-electron chi connectivity index (χ1n) is 9.22. The normalized spacial score (nSPS) is 17.9. The van der Waals surface area contributed by atoms with E-state index in [4.69, 9.17) is 0 Å². The van der Waals surface area contributed by atoms with Gasteiger partial charge in [-0.2, -0.15) is 0 Å². The molecule has 1 aliphatic heterocycles. The predicted molar refractivity (Wildman–Crippen MR) is 109 cm³/mol. The first-order valence-corrected chi connectivity index (χ1v) is 11.1. The van der Waals surface area contributed by atoms with Gasteiger partial charge in [0.05, 0.1) is 17.9 Å². The molecule has 0 aliphatic carbocycles. The zero-order valence-electron chi connectivity index (χ0n) is 16.0. The number of aryl methyl sites for hydroxylation is 1. The van der Waals surface area contributed by atoms with Gasteiger partial charge in [0.2, 0.25) is 15.9 Å². The highest BCUT2D eigenvalue weighted by atomic mass is 32.2. The fourth-order valence-corrected chi connectivity index (χ4v) is 4.30. The molecule has 0 saturated carbocycles. The fraction of sp³-hybridized carbons (Fsp3) is 0.333. The first kappa shape index (κ1) is 20.2. The molecule has 2 aromatic carbocycles. The van der Waals surface area contributed by atoms with Crippen molar-refractivity contribution in [1.29, 1.82) is 0 Å². The number of benzene rings is 2. The molecule has 1 saturated heterocycles. The molecule has 1 unspecified atom stereocenters. The average molecular weight is 401 g/mol. The number of nitrogens with zero attached hydrogens (tertiary/aromatic N) is 1. The van der Waals surface area contributed by atoms with Crippen LogP contribution in [0, 0.1) is 12.8 Å². The molecule has 1 amide bonds. The van der Waals surface area contributed by atoms with Crippen molar-refractivity contribution in [2.75, 3.05) is 24.7 Å². The van der Waals surface area contributed by atoms with Crippen molar-refractivity contribution < 1.29 is 18.0 Å². The number of hydrogen-bond donors (Lipinski definition) is 1. The van der Waals surface area contributed by atoms with E-state index in [2.05, 4.69) is 5.32 Å². The number of amides is 1. The van der Waals surface area contributed by atoms with Crippen LogP contribution in [0.25, 0.3) is 0 Å². The lowest BCUT2D eigenvalue weighted by Gasteiger charge is -2.30. The lowest BCUT2D eigenvalue weighted by molar-refractivity contribution is -0.120. The van der Waals surface area contributed by atoms with Crippen molar-refractivity contribution in [1.82, 2.24) is 4.31 Å². The average Bonchev–Trinajstić information content (AvgIpc) is 2.69. The maximum atomic E-state index is 12.9. The number of anilines is 1. The standard InChI is InChI=1S/C21H24N2O4S/c1-15-10-11-19(18(13-15)20(24)16-7-4-3-5-8-16)22-21(25)17-9-6-12-23(14-17)28(2,26)27/h3-5,7-8,10-11,13,17H,6,9,12,14H2,1-2H3,(H,22,25). The summed E-state index contributed by atoms with van der Waals surface area (Å²) in [6.45, 7) is 2.49. The summed E-state index contributed by atoms with van der Waals surface area (Å²) in [5, 5.41) is 2.85. The number of ketones is 1. The van der Waals surface area contributed by atoms with Gasteiger partial charge >= 0.3 is 0 Å². The van der Waals surface area contributed by atoms with E-state index in [1.165, 1.54) is 4.31 Å². The van der Waals surface area contributed by atoms with Gasteiger partial charge in [-0.25, -0.2) is 12.7 Å². The van der Waals surface area contributed by atoms with E-state index in [0.717, 1.165) is 11.8 Å². The Morgan fingerprint density at radius 3 is 2.50 bits per heavy atom. The quantitative estimate of drug-likeness (QED) is 0.783. The number of piperidine rings is 1. The molecular weight excluding hydrogens is 376 g/mol. The first-order chi connectivity index (χ1) is 13.3. The van der Waals surface area contributed by atoms with E-state index < -0.39 is 15.9 Å². The van der Waals surface area contributed by atoms with Gasteiger partial charge in [-0.15, -0.1) is 0 Å². The highest BCUT2D eigenvalue weighted by Crippen LogP contribution is 2.24. The maximum absolute atomic E-state index is 12.9. The summed E-state index contributed by atoms with van der Waals surface area (Å²) < 4.78 is 24.9. The Morgan fingerprint density at radius 2 is 1.82 bits per heavy atom. The van der Waals surface area contributed by atoms with Gasteiger partial charge in [-0.1, -0.05) is 42.0 Å². The van der Waals surface area contributed by atoms with Crippen LogP contribution in [0.5, 0.6) is 0 Å². The van der Waals surface area contributed by atoms with Crippen molar-refractivity contribution in [3.63, 3.8) is 0 Å². The van der Waals surface area contributed by atoms with Crippen molar-refractivity contribution in [3.8, 4) is 0 Å². The summed E-state index contributed by atoms with van der Waals surface area (Å²) >= 11 is 0. The largest absolute Gasteiger partial charge is 0.325 e. The Balaban J connectivity index is 1.82. The molecule has 1 heterocycles. The van der Waals surface area contributed by atoms with E-state index in [1.54, 1.807) is 36.4 Å². The van der Waals surface area contributed by atoms with Crippen LogP contribution in [-0.2, 0) is 14.8 Å². The second kappa shape index (κ2) is 8.24. The van der Waals surface area contributed by atoms with E-state index in [1.807, 2.05) is 19.1 Å². The second-order valence-corrected chi connectivity index (χ2v) is 9.18. The monoisotopic (exact) mass is 400 g/mol. The molecule has 1 atom stereocenters. The molecule has 148 valence electrons. The highest BCUT2D eigenvalue weighted by molar-refractivity contribution is 7.88. The summed E-state index contributed by atoms with van der Waals surface area (Å²) in [5.41, 5.74) is 2.33. The molecule has 2 aromatic rings. The summed E-state index contributed by atoms with van der Waals surface area (Å²) in [6, 6.07) is 14.2. The number of nitrogens with one attached hydrogen (secondary N) is 1. The lowest BCUT2D eigenvalue weighted by Crippen LogP contribution is -2.43. The van der Waals surface area contributed by atoms with E-state index in [0.29, 0.717) is 36.2 Å². The van der Waals surface area contributed by atoms with Gasteiger partial charge < -0.3 is 5.32 Å². The second-order valence-electron chi connectivity index (χ2n) is 7.19. The van der Waals surface area contributed by atoms with Gasteiger partial charge in [-0.3, -0.25) is 9.59 Å². The molecule has 1 N–H and O–H groups in total. The Bertz CT molecular complexity index is 987. The smallest absolute Gasteiger partial charge is 0.228 e. The molecule has 28 heavy (non-hydrogen) atoms. The van der Waals surface area contributed by atoms with Crippen LogP contribution < -0.4 is 5.32 Å². The van der Waals surface area contributed by atoms with Gasteiger partial charge in [0.25, 0.3) is 0 Å². The lowest BCUT2D eigenvalue weighted by atomic mass is 9.97. The van der Waals surface area contributed by atoms with Crippen LogP contribution in [0.1, 0.15) is 34.3 Å². The zero-order chi connectivity index (χ0) is 20.3. The van der Waals surface area contributed by atoms with Crippen molar-refractivity contribution in [3.05, 3.63) is 65.2 Å². The molecule has 0 aromatic heterocycles. The third-order valence-corrected chi connectivity index (χ3v) is 6.21. The summed E-state index contributed by atoms with van der Waals surface area (Å²) in [4.78, 5) is 25.7. The molecule has 6 nitrogen and oxygen atoms in total. The third kappa shape index (κ3) is 4.66. The SMILES string of the molecule is Cc1ccc(NC(=O)C2CCCN(S(C)(=O)=O)C2)c(C(=O)c2ccccc2)c1. The van der Waals surface area contributed by atoms with Gasteiger partial charge in [0.15, 0.2) is 5.78 Å². The van der Waals surface area contributed by atoms with Gasteiger partial charge in [-0.05, 0) is 31.9 Å². The molecule has 0 bridgehead atoms. The maximum Gasteiger partial charge on any atom is 0.228 e. The number of carbonyl (C=O) groups excluding carboxylic acids is 2. The van der Waals surface area contributed by atoms with Crippen LogP contribution in [-0.4, -0.2) is 43.8 Å². The minimum absolute atomic E-state index is 0.165. The fourth-order valence-electron chi connectivity index (χ4n) is 3.39. The summed E-state index contributed by atoms with van der Waals surface area (Å²) in [6.07, 6.45) is 2.41. The van der Waals surface area contributed by atoms with Crippen LogP contribution in [0.3, 0.4) is 0 Å². The van der Waals surface area contributed by atoms with E-state index in [-0.39, 0.29) is 18.2 Å². The van der Waals surface area contributed by atoms with Crippen molar-refractivity contribution >= 4 is 27.4 Å². The molecule has 7 heteroatoms. The van der Waals surface area contributed by atoms with Crippen LogP contribution in [0.15, 0.2) is 48.5 Å². The Labute approximate surface area is 165 Å². The molecule has 3 rings (SSSR count). The Hall–Kier alpha value is -2.51. The molecular formula is C21H24N2O4S. The minimum Gasteiger partial charge on any atom is -0.325 e. The predicted octanol–water partition coefficient (Wildman–Crippen LogP) is 2.84. The van der Waals surface area contributed by atoms with E-state index in [9.17, 15) is 18.0 Å². The van der Waals surface area contributed by atoms with Gasteiger partial charge in [0.1, 0.15) is 0 Å². The van der Waals surface area contributed by atoms with Gasteiger partial charge in [0, 0.05) is 24.2 Å². The Morgan fingerprint density at radius 1 is 1.11 bits per heavy atom. The van der Waals surface area contributed by atoms with Crippen LogP contribution in [0.4, 0.5) is 5.69 Å². The van der Waals surface area contributed by atoms with Crippen LogP contribution in [0.2, 0.25) is 0 Å². The highest BCUT2D eigenvalue weighted by Gasteiger charge is 2.30. The summed E-state index contributed by atoms with van der Waals surface area (Å²) in [5.74, 6) is -0.871. The van der Waals surface area contributed by atoms with Crippen molar-refractivity contribution in [2.24, 2.45) is 5.92 Å². The number of hydrogen-bond acceptors (Lipinski definition) is 4. The molecule has 1 fully saturated rings.